The van der Waals surface area contributed by atoms with E-state index < -0.39 is 0 Å². The van der Waals surface area contributed by atoms with Gasteiger partial charge in [-0.2, -0.15) is 4.98 Å². The minimum atomic E-state index is -0.199. The van der Waals surface area contributed by atoms with E-state index >= 15 is 0 Å². The molecule has 6 heteroatoms. The van der Waals surface area contributed by atoms with Crippen LogP contribution < -0.4 is 10.5 Å². The van der Waals surface area contributed by atoms with E-state index in [1.807, 2.05) is 54.6 Å². The van der Waals surface area contributed by atoms with Crippen molar-refractivity contribution in [2.45, 2.75) is 19.4 Å². The Kier molecular flexibility index (Phi) is 4.60. The van der Waals surface area contributed by atoms with E-state index in [1.165, 1.54) is 5.56 Å². The van der Waals surface area contributed by atoms with Crippen molar-refractivity contribution in [1.82, 2.24) is 15.0 Å². The molecule has 1 N–H and O–H groups in total. The van der Waals surface area contributed by atoms with Gasteiger partial charge in [-0.1, -0.05) is 54.1 Å². The summed E-state index contributed by atoms with van der Waals surface area (Å²) < 4.78 is 0. The number of para-hydroxylation sites is 1. The molecule has 2 aromatic heterocycles. The molecule has 0 bridgehead atoms. The van der Waals surface area contributed by atoms with E-state index in [0.717, 1.165) is 23.2 Å². The summed E-state index contributed by atoms with van der Waals surface area (Å²) in [5, 5.41) is 1.17. The number of pyridine rings is 1. The van der Waals surface area contributed by atoms with E-state index in [-0.39, 0.29) is 11.6 Å². The summed E-state index contributed by atoms with van der Waals surface area (Å²) >= 11 is 5.95. The molecule has 0 spiro atoms. The van der Waals surface area contributed by atoms with Crippen LogP contribution in [0.4, 0.5) is 11.6 Å². The highest BCUT2D eigenvalue weighted by atomic mass is 35.5. The first-order valence-corrected chi connectivity index (χ1v) is 10.2. The Morgan fingerprint density at radius 1 is 1.10 bits per heavy atom. The first-order chi connectivity index (χ1) is 14.6. The van der Waals surface area contributed by atoms with E-state index in [1.54, 1.807) is 6.20 Å². The lowest BCUT2D eigenvalue weighted by Gasteiger charge is -2.23. The van der Waals surface area contributed by atoms with Crippen LogP contribution >= 0.6 is 11.6 Å². The highest BCUT2D eigenvalue weighted by molar-refractivity contribution is 6.30. The Labute approximate surface area is 178 Å². The maximum absolute atomic E-state index is 13.0. The number of nitrogens with zero attached hydrogens (tertiary/aromatic N) is 3. The highest BCUT2D eigenvalue weighted by Gasteiger charge is 2.28. The van der Waals surface area contributed by atoms with Crippen LogP contribution in [-0.2, 0) is 6.42 Å². The smallest absolute Gasteiger partial charge is 0.262 e. The molecule has 2 aromatic carbocycles. The van der Waals surface area contributed by atoms with Crippen LogP contribution in [0.15, 0.2) is 65.6 Å². The number of benzene rings is 2. The zero-order valence-corrected chi connectivity index (χ0v) is 17.1. The van der Waals surface area contributed by atoms with E-state index in [4.69, 9.17) is 16.6 Å². The molecule has 0 saturated carbocycles. The second-order valence-corrected chi connectivity index (χ2v) is 7.86. The highest BCUT2D eigenvalue weighted by Crippen LogP contribution is 2.36. The Hall–Kier alpha value is -3.44. The van der Waals surface area contributed by atoms with Crippen molar-refractivity contribution < 1.29 is 0 Å². The molecule has 3 heterocycles. The lowest BCUT2D eigenvalue weighted by molar-refractivity contribution is 0.740. The predicted molar refractivity (Wildman–Crippen MR) is 122 cm³/mol. The first-order valence-electron chi connectivity index (χ1n) is 9.80. The summed E-state index contributed by atoms with van der Waals surface area (Å²) in [6, 6.07) is 17.8. The largest absolute Gasteiger partial charge is 0.309 e. The monoisotopic (exact) mass is 414 g/mol. The Balaban J connectivity index is 1.58. The van der Waals surface area contributed by atoms with Crippen LogP contribution in [-0.4, -0.2) is 21.0 Å². The maximum atomic E-state index is 13.0. The quantitative estimate of drug-likeness (QED) is 0.499. The number of anilines is 2. The summed E-state index contributed by atoms with van der Waals surface area (Å²) in [6.45, 7) is 2.13. The van der Waals surface area contributed by atoms with Crippen LogP contribution in [0, 0.1) is 0 Å². The van der Waals surface area contributed by atoms with Crippen molar-refractivity contribution in [3.8, 4) is 0 Å². The number of fused-ring (bicyclic) bond motifs is 2. The Morgan fingerprint density at radius 2 is 1.90 bits per heavy atom. The third kappa shape index (κ3) is 3.27. The molecular weight excluding hydrogens is 396 g/mol. The number of rotatable bonds is 3. The lowest BCUT2D eigenvalue weighted by Crippen LogP contribution is -2.28. The van der Waals surface area contributed by atoms with E-state index in [0.29, 0.717) is 22.0 Å². The van der Waals surface area contributed by atoms with Crippen molar-refractivity contribution in [2.75, 3.05) is 4.90 Å². The van der Waals surface area contributed by atoms with Gasteiger partial charge in [-0.25, -0.2) is 4.98 Å². The Morgan fingerprint density at radius 3 is 2.73 bits per heavy atom. The van der Waals surface area contributed by atoms with Crippen molar-refractivity contribution in [3.63, 3.8) is 0 Å². The summed E-state index contributed by atoms with van der Waals surface area (Å²) in [5.74, 6) is 0.524. The number of hydrogen-bond donors (Lipinski definition) is 1. The van der Waals surface area contributed by atoms with Crippen LogP contribution in [0.25, 0.3) is 23.2 Å². The predicted octanol–water partition coefficient (Wildman–Crippen LogP) is 5.22. The maximum Gasteiger partial charge on any atom is 0.262 e. The second kappa shape index (κ2) is 7.43. The fraction of sp³-hybridized carbons (Fsp3) is 0.125. The molecule has 148 valence electrons. The molecule has 0 aliphatic carbocycles. The second-order valence-electron chi connectivity index (χ2n) is 7.43. The van der Waals surface area contributed by atoms with Crippen LogP contribution in [0.5, 0.6) is 0 Å². The molecule has 0 radical (unpaired) electrons. The molecule has 0 unspecified atom stereocenters. The van der Waals surface area contributed by atoms with Gasteiger partial charge in [0.25, 0.3) is 5.56 Å². The summed E-state index contributed by atoms with van der Waals surface area (Å²) in [4.78, 5) is 27.2. The zero-order valence-electron chi connectivity index (χ0n) is 16.3. The number of halogens is 1. The van der Waals surface area contributed by atoms with E-state index in [9.17, 15) is 4.79 Å². The first kappa shape index (κ1) is 18.6. The number of hydrogen-bond acceptors (Lipinski definition) is 4. The molecule has 30 heavy (non-hydrogen) atoms. The molecule has 5 rings (SSSR count). The van der Waals surface area contributed by atoms with Crippen molar-refractivity contribution >= 4 is 46.4 Å². The normalized spacial score (nSPS) is 15.8. The van der Waals surface area contributed by atoms with Crippen molar-refractivity contribution in [2.24, 2.45) is 0 Å². The molecule has 0 fully saturated rings. The number of aromatic amines is 1. The minimum Gasteiger partial charge on any atom is -0.309 e. The molecule has 4 aromatic rings. The number of aromatic nitrogens is 3. The molecule has 1 atom stereocenters. The van der Waals surface area contributed by atoms with Crippen LogP contribution in [0.2, 0.25) is 5.02 Å². The van der Waals surface area contributed by atoms with Gasteiger partial charge >= 0.3 is 0 Å². The van der Waals surface area contributed by atoms with E-state index in [2.05, 4.69) is 33.9 Å². The minimum absolute atomic E-state index is 0.199. The summed E-state index contributed by atoms with van der Waals surface area (Å²) in [5.41, 5.74) is 4.32. The average Bonchev–Trinajstić information content (AvgIpc) is 3.08. The number of H-pyrrole nitrogens is 1. The molecule has 0 saturated heterocycles. The van der Waals surface area contributed by atoms with Crippen LogP contribution in [0.1, 0.15) is 23.6 Å². The van der Waals surface area contributed by atoms with Gasteiger partial charge in [-0.3, -0.25) is 9.78 Å². The number of nitrogens with one attached hydrogen (secondary N) is 1. The third-order valence-electron chi connectivity index (χ3n) is 5.39. The molecular formula is C24H19ClN4O. The molecule has 5 nitrogen and oxygen atoms in total. The van der Waals surface area contributed by atoms with Gasteiger partial charge in [0.2, 0.25) is 5.95 Å². The van der Waals surface area contributed by atoms with Crippen molar-refractivity contribution in [3.05, 3.63) is 92.9 Å². The van der Waals surface area contributed by atoms with Crippen molar-refractivity contribution in [1.29, 1.82) is 0 Å². The van der Waals surface area contributed by atoms with Crippen LogP contribution in [0.3, 0.4) is 0 Å². The lowest BCUT2D eigenvalue weighted by atomic mass is 10.1. The van der Waals surface area contributed by atoms with Gasteiger partial charge < -0.3 is 4.90 Å². The summed E-state index contributed by atoms with van der Waals surface area (Å²) in [7, 11) is 0. The van der Waals surface area contributed by atoms with Gasteiger partial charge in [0.15, 0.2) is 5.65 Å². The third-order valence-corrected chi connectivity index (χ3v) is 5.64. The topological polar surface area (TPSA) is 61.9 Å². The molecule has 0 amide bonds. The van der Waals surface area contributed by atoms with Gasteiger partial charge in [-0.15, -0.1) is 0 Å². The van der Waals surface area contributed by atoms with Gasteiger partial charge in [0.1, 0.15) is 0 Å². The standard InChI is InChI=1S/C24H19ClN4O/c1-15-14-18-4-2-3-5-20(18)29(15)24-27-22-21(23(30)28-24)17(12-13-26-22)9-6-16-7-10-19(25)11-8-16/h2-13,15H,14H2,1H3,(H,26,27,28,30)/b9-6+/t15-/m0/s1. The SMILES string of the molecule is C[C@H]1Cc2ccccc2N1c1nc2nccc(/C=C/c3ccc(Cl)cc3)c2c(=O)[nH]1. The summed E-state index contributed by atoms with van der Waals surface area (Å²) in [6.07, 6.45) is 6.44. The molecule has 1 aliphatic heterocycles. The fourth-order valence-corrected chi connectivity index (χ4v) is 4.10. The molecule has 1 aliphatic rings. The van der Waals surface area contributed by atoms with Gasteiger partial charge in [0, 0.05) is 22.9 Å². The van der Waals surface area contributed by atoms with Gasteiger partial charge in [0.05, 0.1) is 5.39 Å². The zero-order chi connectivity index (χ0) is 20.7. The Bertz CT molecular complexity index is 1330. The fourth-order valence-electron chi connectivity index (χ4n) is 3.98. The van der Waals surface area contributed by atoms with Gasteiger partial charge in [-0.05, 0) is 54.3 Å². The average molecular weight is 415 g/mol.